The third-order valence-electron chi connectivity index (χ3n) is 4.98. The van der Waals surface area contributed by atoms with Gasteiger partial charge in [-0.05, 0) is 31.2 Å². The number of para-hydroxylation sites is 1. The molecule has 0 fully saturated rings. The predicted octanol–water partition coefficient (Wildman–Crippen LogP) is 4.23. The summed E-state index contributed by atoms with van der Waals surface area (Å²) in [6.45, 7) is 1.89. The van der Waals surface area contributed by atoms with Gasteiger partial charge < -0.3 is 4.90 Å². The zero-order chi connectivity index (χ0) is 21.3. The minimum absolute atomic E-state index is 0.107. The van der Waals surface area contributed by atoms with Crippen LogP contribution in [0.4, 0.5) is 5.69 Å². The van der Waals surface area contributed by atoms with Crippen molar-refractivity contribution >= 4 is 32.9 Å². The van der Waals surface area contributed by atoms with Gasteiger partial charge >= 0.3 is 0 Å². The second-order valence-electron chi connectivity index (χ2n) is 7.07. The number of benzene rings is 3. The maximum absolute atomic E-state index is 13.0. The molecule has 0 saturated heterocycles. The van der Waals surface area contributed by atoms with Crippen molar-refractivity contribution in [2.45, 2.75) is 11.8 Å². The van der Waals surface area contributed by atoms with E-state index in [2.05, 4.69) is 4.40 Å². The Morgan fingerprint density at radius 2 is 1.53 bits per heavy atom. The first kappa shape index (κ1) is 19.8. The molecule has 0 aromatic heterocycles. The Morgan fingerprint density at radius 3 is 2.23 bits per heavy atom. The Labute approximate surface area is 176 Å². The van der Waals surface area contributed by atoms with Gasteiger partial charge in [0.15, 0.2) is 0 Å². The van der Waals surface area contributed by atoms with Crippen LogP contribution in [0.25, 0.3) is 5.57 Å². The average molecular weight is 417 g/mol. The van der Waals surface area contributed by atoms with Crippen LogP contribution in [0.1, 0.15) is 16.7 Å². The number of nitrogens with zero attached hydrogens (tertiary/aromatic N) is 2. The lowest BCUT2D eigenvalue weighted by atomic mass is 10.0. The summed E-state index contributed by atoms with van der Waals surface area (Å²) >= 11 is 0. The largest absolute Gasteiger partial charge is 0.311 e. The first-order valence-corrected chi connectivity index (χ1v) is 10.9. The highest BCUT2D eigenvalue weighted by atomic mass is 32.2. The van der Waals surface area contributed by atoms with E-state index in [4.69, 9.17) is 0 Å². The SMILES string of the molecule is Cc1ccc(S(=O)(=O)/N=C(/C=C2/C(=O)N(C)c3ccccc32)c2ccccc2)cc1. The summed E-state index contributed by atoms with van der Waals surface area (Å²) in [5, 5.41) is 0. The van der Waals surface area contributed by atoms with Crippen molar-refractivity contribution in [3.05, 3.63) is 102 Å². The summed E-state index contributed by atoms with van der Waals surface area (Å²) in [6.07, 6.45) is 1.56. The van der Waals surface area contributed by atoms with Gasteiger partial charge in [0.1, 0.15) is 0 Å². The van der Waals surface area contributed by atoms with Crippen LogP contribution in [0.3, 0.4) is 0 Å². The molecule has 1 amide bonds. The molecule has 0 unspecified atom stereocenters. The van der Waals surface area contributed by atoms with Crippen LogP contribution in [0.5, 0.6) is 0 Å². The van der Waals surface area contributed by atoms with E-state index >= 15 is 0 Å². The molecule has 4 rings (SSSR count). The van der Waals surface area contributed by atoms with Crippen molar-refractivity contribution in [3.8, 4) is 0 Å². The molecule has 1 aliphatic rings. The smallest absolute Gasteiger partial charge is 0.282 e. The van der Waals surface area contributed by atoms with Gasteiger partial charge in [0.25, 0.3) is 15.9 Å². The monoisotopic (exact) mass is 416 g/mol. The minimum Gasteiger partial charge on any atom is -0.311 e. The van der Waals surface area contributed by atoms with Crippen LogP contribution in [0.2, 0.25) is 0 Å². The molecule has 3 aromatic rings. The van der Waals surface area contributed by atoms with E-state index < -0.39 is 10.0 Å². The van der Waals surface area contributed by atoms with Crippen LogP contribution in [0, 0.1) is 6.92 Å². The molecule has 0 bridgehead atoms. The molecule has 0 N–H and O–H groups in total. The van der Waals surface area contributed by atoms with Crippen molar-refractivity contribution in [1.82, 2.24) is 0 Å². The number of carbonyl (C=O) groups is 1. The Balaban J connectivity index is 1.89. The number of fused-ring (bicyclic) bond motifs is 1. The first-order valence-electron chi connectivity index (χ1n) is 9.43. The molecule has 30 heavy (non-hydrogen) atoms. The van der Waals surface area contributed by atoms with Crippen LogP contribution >= 0.6 is 0 Å². The minimum atomic E-state index is -3.96. The summed E-state index contributed by atoms with van der Waals surface area (Å²) in [5.41, 5.74) is 3.73. The molecular weight excluding hydrogens is 396 g/mol. The molecule has 150 valence electrons. The number of rotatable bonds is 4. The third-order valence-corrected chi connectivity index (χ3v) is 6.28. The number of aryl methyl sites for hydroxylation is 1. The van der Waals surface area contributed by atoms with Crippen molar-refractivity contribution in [2.24, 2.45) is 4.40 Å². The van der Waals surface area contributed by atoms with E-state index in [1.54, 1.807) is 54.4 Å². The maximum Gasteiger partial charge on any atom is 0.282 e. The molecule has 0 radical (unpaired) electrons. The summed E-state index contributed by atoms with van der Waals surface area (Å²) in [5.74, 6) is -0.201. The van der Waals surface area contributed by atoms with E-state index in [-0.39, 0.29) is 16.5 Å². The van der Waals surface area contributed by atoms with E-state index in [9.17, 15) is 13.2 Å². The van der Waals surface area contributed by atoms with Crippen LogP contribution in [-0.4, -0.2) is 27.1 Å². The average Bonchev–Trinajstić information content (AvgIpc) is 2.99. The van der Waals surface area contributed by atoms with Crippen molar-refractivity contribution in [2.75, 3.05) is 11.9 Å². The molecule has 0 saturated carbocycles. The Bertz CT molecular complexity index is 1280. The lowest BCUT2D eigenvalue weighted by Crippen LogP contribution is -2.20. The molecule has 6 heteroatoms. The van der Waals surface area contributed by atoms with Crippen LogP contribution in [0.15, 0.2) is 94.2 Å². The third kappa shape index (κ3) is 3.69. The fourth-order valence-corrected chi connectivity index (χ4v) is 4.34. The quantitative estimate of drug-likeness (QED) is 0.472. The molecule has 0 atom stereocenters. The fraction of sp³-hybridized carbons (Fsp3) is 0.0833. The van der Waals surface area contributed by atoms with Crippen LogP contribution in [-0.2, 0) is 14.8 Å². The number of carbonyl (C=O) groups excluding carboxylic acids is 1. The molecule has 5 nitrogen and oxygen atoms in total. The molecular formula is C24H20N2O3S. The second kappa shape index (κ2) is 7.72. The Hall–Kier alpha value is -3.51. The molecule has 1 heterocycles. The lowest BCUT2D eigenvalue weighted by Gasteiger charge is -2.08. The fourth-order valence-electron chi connectivity index (χ4n) is 3.34. The normalized spacial score (nSPS) is 15.5. The van der Waals surface area contributed by atoms with E-state index in [0.29, 0.717) is 11.1 Å². The summed E-state index contributed by atoms with van der Waals surface area (Å²) in [4.78, 5) is 14.5. The zero-order valence-corrected chi connectivity index (χ0v) is 17.4. The Morgan fingerprint density at radius 1 is 0.900 bits per heavy atom. The van der Waals surface area contributed by atoms with Gasteiger partial charge in [0, 0.05) is 18.2 Å². The number of hydrogen-bond acceptors (Lipinski definition) is 3. The molecule has 0 spiro atoms. The lowest BCUT2D eigenvalue weighted by molar-refractivity contribution is -0.112. The van der Waals surface area contributed by atoms with Crippen LogP contribution < -0.4 is 4.90 Å². The molecule has 1 aliphatic heterocycles. The van der Waals surface area contributed by atoms with Gasteiger partial charge in [0.2, 0.25) is 0 Å². The first-order chi connectivity index (χ1) is 14.4. The van der Waals surface area contributed by atoms with Crippen molar-refractivity contribution in [3.63, 3.8) is 0 Å². The second-order valence-corrected chi connectivity index (χ2v) is 8.67. The standard InChI is InChI=1S/C24H20N2O3S/c1-17-12-14-19(15-13-17)30(28,29)25-22(18-8-4-3-5-9-18)16-21-20-10-6-7-11-23(20)26(2)24(21)27/h3-16H,1-2H3/b21-16+,25-22-. The number of amides is 1. The van der Waals surface area contributed by atoms with E-state index in [0.717, 1.165) is 16.8 Å². The van der Waals surface area contributed by atoms with Gasteiger partial charge in [-0.25, -0.2) is 0 Å². The number of sulfonamides is 1. The zero-order valence-electron chi connectivity index (χ0n) is 16.6. The number of anilines is 1. The predicted molar refractivity (Wildman–Crippen MR) is 119 cm³/mol. The van der Waals surface area contributed by atoms with Gasteiger partial charge in [-0.2, -0.15) is 12.8 Å². The summed E-state index contributed by atoms with van der Waals surface area (Å²) < 4.78 is 30.1. The van der Waals surface area contributed by atoms with Crippen molar-refractivity contribution < 1.29 is 13.2 Å². The van der Waals surface area contributed by atoms with E-state index in [1.165, 1.54) is 12.1 Å². The van der Waals surface area contributed by atoms with Crippen molar-refractivity contribution in [1.29, 1.82) is 0 Å². The number of hydrogen-bond donors (Lipinski definition) is 0. The van der Waals surface area contributed by atoms with Gasteiger partial charge in [0.05, 0.1) is 21.9 Å². The topological polar surface area (TPSA) is 66.8 Å². The maximum atomic E-state index is 13.0. The summed E-state index contributed by atoms with van der Waals surface area (Å²) in [6, 6.07) is 22.9. The number of likely N-dealkylation sites (N-methyl/N-ethyl adjacent to an activating group) is 1. The van der Waals surface area contributed by atoms with Gasteiger partial charge in [-0.1, -0.05) is 66.2 Å². The molecule has 0 aliphatic carbocycles. The highest BCUT2D eigenvalue weighted by molar-refractivity contribution is 7.90. The summed E-state index contributed by atoms with van der Waals surface area (Å²) in [7, 11) is -2.26. The highest BCUT2D eigenvalue weighted by Crippen LogP contribution is 2.35. The number of allylic oxidation sites excluding steroid dienone is 1. The van der Waals surface area contributed by atoms with Gasteiger partial charge in [-0.3, -0.25) is 4.79 Å². The van der Waals surface area contributed by atoms with E-state index in [1.807, 2.05) is 37.3 Å². The Kier molecular flexibility index (Phi) is 5.10. The van der Waals surface area contributed by atoms with Gasteiger partial charge in [-0.15, -0.1) is 0 Å². The molecule has 3 aromatic carbocycles. The highest BCUT2D eigenvalue weighted by Gasteiger charge is 2.30.